The average Bonchev–Trinajstić information content (AvgIpc) is 2.68. The molecule has 25 heavy (non-hydrogen) atoms. The molecule has 2 fully saturated rings. The third-order valence-electron chi connectivity index (χ3n) is 5.40. The van der Waals surface area contributed by atoms with Gasteiger partial charge in [0.2, 0.25) is 5.91 Å². The van der Waals surface area contributed by atoms with E-state index in [1.165, 1.54) is 6.42 Å². The molecule has 0 radical (unpaired) electrons. The van der Waals surface area contributed by atoms with Gasteiger partial charge in [-0.15, -0.1) is 0 Å². The molecule has 1 atom stereocenters. The second-order valence-corrected chi connectivity index (χ2v) is 7.11. The van der Waals surface area contributed by atoms with Crippen molar-refractivity contribution >= 4 is 5.91 Å². The zero-order chi connectivity index (χ0) is 17.6. The van der Waals surface area contributed by atoms with Crippen LogP contribution in [0.5, 0.6) is 11.5 Å². The number of piperidine rings is 2. The molecule has 0 aliphatic carbocycles. The Hall–Kier alpha value is -1.75. The van der Waals surface area contributed by atoms with E-state index in [4.69, 9.17) is 9.47 Å². The molecule has 3 rings (SSSR count). The van der Waals surface area contributed by atoms with Crippen LogP contribution >= 0.6 is 0 Å². The van der Waals surface area contributed by atoms with Gasteiger partial charge in [0.1, 0.15) is 0 Å². The smallest absolute Gasteiger partial charge is 0.226 e. The van der Waals surface area contributed by atoms with Crippen molar-refractivity contribution in [2.45, 2.75) is 38.6 Å². The number of carbonyl (C=O) groups is 1. The Morgan fingerprint density at radius 3 is 2.60 bits per heavy atom. The molecule has 0 bridgehead atoms. The number of carbonyl (C=O) groups excluding carboxylic acids is 1. The highest BCUT2D eigenvalue weighted by atomic mass is 16.5. The van der Waals surface area contributed by atoms with Crippen LogP contribution in [0.15, 0.2) is 18.2 Å². The van der Waals surface area contributed by atoms with E-state index in [1.54, 1.807) is 14.2 Å². The normalized spacial score (nSPS) is 21.8. The molecule has 5 nitrogen and oxygen atoms in total. The van der Waals surface area contributed by atoms with Gasteiger partial charge in [-0.3, -0.25) is 9.69 Å². The third-order valence-corrected chi connectivity index (χ3v) is 5.40. The van der Waals surface area contributed by atoms with Crippen molar-refractivity contribution in [2.24, 2.45) is 5.92 Å². The SMILES string of the molecule is COc1cccc(CN2CCC[C@H](C(=O)N3CCCCC3)C2)c1OC. The first-order chi connectivity index (χ1) is 12.2. The molecule has 1 aromatic carbocycles. The lowest BCUT2D eigenvalue weighted by Crippen LogP contribution is -2.46. The lowest BCUT2D eigenvalue weighted by atomic mass is 9.95. The van der Waals surface area contributed by atoms with Crippen LogP contribution in [-0.2, 0) is 11.3 Å². The fraction of sp³-hybridized carbons (Fsp3) is 0.650. The van der Waals surface area contributed by atoms with Crippen LogP contribution in [0, 0.1) is 5.92 Å². The maximum atomic E-state index is 12.8. The monoisotopic (exact) mass is 346 g/mol. The standard InChI is InChI=1S/C20H30N2O3/c1-24-18-10-6-8-16(19(18)25-2)14-21-11-7-9-17(15-21)20(23)22-12-4-3-5-13-22/h6,8,10,17H,3-5,7,9,11-15H2,1-2H3/t17-/m0/s1. The maximum absolute atomic E-state index is 12.8. The Bertz CT molecular complexity index is 584. The predicted octanol–water partition coefficient (Wildman–Crippen LogP) is 2.93. The number of ether oxygens (including phenoxy) is 2. The van der Waals surface area contributed by atoms with Gasteiger partial charge in [0.15, 0.2) is 11.5 Å². The van der Waals surface area contributed by atoms with Gasteiger partial charge in [-0.05, 0) is 44.7 Å². The van der Waals surface area contributed by atoms with Gasteiger partial charge in [-0.2, -0.15) is 0 Å². The Balaban J connectivity index is 1.65. The number of rotatable bonds is 5. The Morgan fingerprint density at radius 2 is 1.88 bits per heavy atom. The zero-order valence-corrected chi connectivity index (χ0v) is 15.5. The highest BCUT2D eigenvalue weighted by Crippen LogP contribution is 2.32. The second kappa shape index (κ2) is 8.56. The molecule has 1 amide bonds. The van der Waals surface area contributed by atoms with Gasteiger partial charge < -0.3 is 14.4 Å². The molecule has 2 aliphatic heterocycles. The van der Waals surface area contributed by atoms with Crippen molar-refractivity contribution in [3.63, 3.8) is 0 Å². The first kappa shape index (κ1) is 18.1. The highest BCUT2D eigenvalue weighted by Gasteiger charge is 2.30. The molecule has 0 unspecified atom stereocenters. The van der Waals surface area contributed by atoms with E-state index in [0.29, 0.717) is 5.91 Å². The van der Waals surface area contributed by atoms with E-state index < -0.39 is 0 Å². The highest BCUT2D eigenvalue weighted by molar-refractivity contribution is 5.79. The summed E-state index contributed by atoms with van der Waals surface area (Å²) in [6.45, 7) is 4.56. The van der Waals surface area contributed by atoms with E-state index in [9.17, 15) is 4.79 Å². The number of methoxy groups -OCH3 is 2. The van der Waals surface area contributed by atoms with E-state index in [2.05, 4.69) is 15.9 Å². The summed E-state index contributed by atoms with van der Waals surface area (Å²) in [7, 11) is 3.34. The van der Waals surface area contributed by atoms with Crippen LogP contribution in [0.3, 0.4) is 0 Å². The molecular formula is C20H30N2O3. The van der Waals surface area contributed by atoms with Crippen molar-refractivity contribution in [1.29, 1.82) is 0 Å². The zero-order valence-electron chi connectivity index (χ0n) is 15.5. The van der Waals surface area contributed by atoms with Crippen molar-refractivity contribution in [3.8, 4) is 11.5 Å². The predicted molar refractivity (Wildman–Crippen MR) is 98.0 cm³/mol. The number of hydrogen-bond acceptors (Lipinski definition) is 4. The molecule has 2 aliphatic rings. The Kier molecular flexibility index (Phi) is 6.19. The maximum Gasteiger partial charge on any atom is 0.226 e. The molecular weight excluding hydrogens is 316 g/mol. The minimum absolute atomic E-state index is 0.142. The lowest BCUT2D eigenvalue weighted by molar-refractivity contribution is -0.138. The summed E-state index contributed by atoms with van der Waals surface area (Å²) in [6, 6.07) is 6.00. The largest absolute Gasteiger partial charge is 0.493 e. The summed E-state index contributed by atoms with van der Waals surface area (Å²) in [6.07, 6.45) is 5.67. The van der Waals surface area contributed by atoms with Gasteiger partial charge in [0.05, 0.1) is 20.1 Å². The summed E-state index contributed by atoms with van der Waals surface area (Å²) < 4.78 is 11.0. The number of nitrogens with zero attached hydrogens (tertiary/aromatic N) is 2. The van der Waals surface area contributed by atoms with Crippen LogP contribution in [0.4, 0.5) is 0 Å². The molecule has 2 heterocycles. The lowest BCUT2D eigenvalue weighted by Gasteiger charge is -2.36. The number of para-hydroxylation sites is 1. The first-order valence-corrected chi connectivity index (χ1v) is 9.44. The Morgan fingerprint density at radius 1 is 1.08 bits per heavy atom. The summed E-state index contributed by atoms with van der Waals surface area (Å²) in [5.41, 5.74) is 1.12. The van der Waals surface area contributed by atoms with Crippen LogP contribution in [0.25, 0.3) is 0 Å². The number of benzene rings is 1. The molecule has 0 aromatic heterocycles. The third kappa shape index (κ3) is 4.27. The average molecular weight is 346 g/mol. The topological polar surface area (TPSA) is 42.0 Å². The second-order valence-electron chi connectivity index (χ2n) is 7.11. The Labute approximate surface area is 150 Å². The fourth-order valence-corrected chi connectivity index (χ4v) is 4.09. The van der Waals surface area contributed by atoms with E-state index >= 15 is 0 Å². The minimum Gasteiger partial charge on any atom is -0.493 e. The minimum atomic E-state index is 0.142. The molecule has 0 saturated carbocycles. The van der Waals surface area contributed by atoms with Gasteiger partial charge in [-0.1, -0.05) is 12.1 Å². The van der Waals surface area contributed by atoms with E-state index in [-0.39, 0.29) is 5.92 Å². The van der Waals surface area contributed by atoms with Crippen molar-refractivity contribution in [1.82, 2.24) is 9.80 Å². The van der Waals surface area contributed by atoms with Crippen LogP contribution in [0.2, 0.25) is 0 Å². The molecule has 2 saturated heterocycles. The summed E-state index contributed by atoms with van der Waals surface area (Å²) in [5.74, 6) is 2.07. The molecule has 1 aromatic rings. The molecule has 0 spiro atoms. The van der Waals surface area contributed by atoms with Crippen LogP contribution in [-0.4, -0.2) is 56.1 Å². The van der Waals surface area contributed by atoms with Gasteiger partial charge >= 0.3 is 0 Å². The molecule has 138 valence electrons. The van der Waals surface area contributed by atoms with Crippen molar-refractivity contribution in [2.75, 3.05) is 40.4 Å². The molecule has 5 heteroatoms. The van der Waals surface area contributed by atoms with Crippen LogP contribution < -0.4 is 9.47 Å². The summed E-state index contributed by atoms with van der Waals surface area (Å²) in [5, 5.41) is 0. The molecule has 0 N–H and O–H groups in total. The summed E-state index contributed by atoms with van der Waals surface area (Å²) in [4.78, 5) is 17.3. The van der Waals surface area contributed by atoms with Gasteiger partial charge in [0.25, 0.3) is 0 Å². The van der Waals surface area contributed by atoms with Crippen LogP contribution in [0.1, 0.15) is 37.7 Å². The van der Waals surface area contributed by atoms with E-state index in [0.717, 1.165) is 75.5 Å². The summed E-state index contributed by atoms with van der Waals surface area (Å²) >= 11 is 0. The number of hydrogen-bond donors (Lipinski definition) is 0. The first-order valence-electron chi connectivity index (χ1n) is 9.44. The van der Waals surface area contributed by atoms with Crippen molar-refractivity contribution in [3.05, 3.63) is 23.8 Å². The van der Waals surface area contributed by atoms with Gasteiger partial charge in [-0.25, -0.2) is 0 Å². The van der Waals surface area contributed by atoms with E-state index in [1.807, 2.05) is 12.1 Å². The quantitative estimate of drug-likeness (QED) is 0.822. The van der Waals surface area contributed by atoms with Crippen molar-refractivity contribution < 1.29 is 14.3 Å². The number of amides is 1. The number of likely N-dealkylation sites (tertiary alicyclic amines) is 2. The fourth-order valence-electron chi connectivity index (χ4n) is 4.09. The van der Waals surface area contributed by atoms with Gasteiger partial charge in [0, 0.05) is 31.7 Å².